The number of fused-ring (bicyclic) bond motifs is 3. The SMILES string of the molecule is COc1cc2c(cc1O)[C@@H](CC[C@H](O)C[C@H](c1ccnc(N)c1)c1ccc3ccccc3c1)C#C[C@@]1(CC[C@H](CC[C@@H]3CN[C@@H]4CC(=O)CC[C@@H]4C3)C[C@H]1O)C(=O)CC2. The molecule has 0 bridgehead atoms. The number of phenolic OH excluding ortho intramolecular Hbond substituents is 1. The Bertz CT molecular complexity index is 2230. The average molecular weight is 798 g/mol. The van der Waals surface area contributed by atoms with E-state index in [1.54, 1.807) is 12.3 Å². The molecule has 9 atom stereocenters. The number of nitrogens with one attached hydrogen (secondary N) is 1. The number of piperidine rings is 1. The van der Waals surface area contributed by atoms with Crippen LogP contribution in [0.4, 0.5) is 5.82 Å². The number of carbonyl (C=O) groups is 2. The Hall–Kier alpha value is -4.75. The second-order valence-corrected chi connectivity index (χ2v) is 18.0. The van der Waals surface area contributed by atoms with Gasteiger partial charge in [0.1, 0.15) is 17.0 Å². The van der Waals surface area contributed by atoms with Gasteiger partial charge in [-0.2, -0.15) is 0 Å². The molecular formula is C50H59N3O6. The van der Waals surface area contributed by atoms with E-state index in [2.05, 4.69) is 52.5 Å². The van der Waals surface area contributed by atoms with Gasteiger partial charge in [-0.3, -0.25) is 9.59 Å². The molecule has 3 aromatic carbocycles. The smallest absolute Gasteiger partial charge is 0.160 e. The first-order chi connectivity index (χ1) is 28.6. The van der Waals surface area contributed by atoms with Gasteiger partial charge >= 0.3 is 0 Å². The Labute approximate surface area is 348 Å². The molecule has 310 valence electrons. The first kappa shape index (κ1) is 41.0. The number of methoxy groups -OCH3 is 1. The number of hydrogen-bond acceptors (Lipinski definition) is 9. The zero-order chi connectivity index (χ0) is 41.1. The van der Waals surface area contributed by atoms with Gasteiger partial charge in [0.05, 0.1) is 19.3 Å². The predicted molar refractivity (Wildman–Crippen MR) is 230 cm³/mol. The van der Waals surface area contributed by atoms with Crippen molar-refractivity contribution in [2.75, 3.05) is 19.4 Å². The maximum Gasteiger partial charge on any atom is 0.160 e. The van der Waals surface area contributed by atoms with Gasteiger partial charge in [0.25, 0.3) is 0 Å². The van der Waals surface area contributed by atoms with E-state index in [1.165, 1.54) is 7.11 Å². The molecule has 59 heavy (non-hydrogen) atoms. The molecule has 9 heteroatoms. The summed E-state index contributed by atoms with van der Waals surface area (Å²) in [4.78, 5) is 30.5. The number of aromatic nitrogens is 1. The van der Waals surface area contributed by atoms with Crippen LogP contribution < -0.4 is 15.8 Å². The van der Waals surface area contributed by atoms with Crippen LogP contribution in [-0.4, -0.2) is 63.8 Å². The van der Waals surface area contributed by atoms with Gasteiger partial charge in [-0.05, 0) is 146 Å². The Morgan fingerprint density at radius 1 is 0.949 bits per heavy atom. The van der Waals surface area contributed by atoms with Gasteiger partial charge in [0.2, 0.25) is 0 Å². The second-order valence-electron chi connectivity index (χ2n) is 18.0. The first-order valence-corrected chi connectivity index (χ1v) is 21.9. The van der Waals surface area contributed by atoms with Crippen LogP contribution in [0.15, 0.2) is 72.9 Å². The third-order valence-corrected chi connectivity index (χ3v) is 14.3. The van der Waals surface area contributed by atoms with Crippen LogP contribution in [-0.2, 0) is 16.0 Å². The number of ether oxygens (including phenoxy) is 1. The topological polar surface area (TPSA) is 155 Å². The van der Waals surface area contributed by atoms with Crippen molar-refractivity contribution in [3.8, 4) is 23.3 Å². The number of rotatable bonds is 11. The van der Waals surface area contributed by atoms with Crippen LogP contribution in [0, 0.1) is 35.0 Å². The molecule has 3 fully saturated rings. The number of aliphatic hydroxyl groups is 2. The van der Waals surface area contributed by atoms with E-state index in [9.17, 15) is 24.9 Å². The highest BCUT2D eigenvalue weighted by Crippen LogP contribution is 2.45. The van der Waals surface area contributed by atoms with E-state index >= 15 is 0 Å². The van der Waals surface area contributed by atoms with Crippen LogP contribution in [0.3, 0.4) is 0 Å². The summed E-state index contributed by atoms with van der Waals surface area (Å²) in [7, 11) is 1.52. The van der Waals surface area contributed by atoms with Crippen molar-refractivity contribution < 1.29 is 29.6 Å². The number of nitrogen functional groups attached to an aromatic ring is 1. The van der Waals surface area contributed by atoms with Crippen LogP contribution >= 0.6 is 0 Å². The van der Waals surface area contributed by atoms with Gasteiger partial charge in [0.15, 0.2) is 17.3 Å². The summed E-state index contributed by atoms with van der Waals surface area (Å²) in [5.41, 5.74) is 8.77. The minimum Gasteiger partial charge on any atom is -0.504 e. The number of carbonyl (C=O) groups excluding carboxylic acids is 2. The van der Waals surface area contributed by atoms with Gasteiger partial charge in [-0.1, -0.05) is 60.7 Å². The fourth-order valence-corrected chi connectivity index (χ4v) is 10.8. The molecule has 6 N–H and O–H groups in total. The molecule has 1 aliphatic heterocycles. The molecule has 2 heterocycles. The fraction of sp³-hybridized carbons (Fsp3) is 0.500. The molecule has 0 unspecified atom stereocenters. The Balaban J connectivity index is 0.998. The molecule has 3 aliphatic carbocycles. The first-order valence-electron chi connectivity index (χ1n) is 21.9. The third-order valence-electron chi connectivity index (χ3n) is 14.3. The van der Waals surface area contributed by atoms with Crippen molar-refractivity contribution >= 4 is 28.2 Å². The van der Waals surface area contributed by atoms with Gasteiger partial charge in [0, 0.05) is 43.3 Å². The quantitative estimate of drug-likeness (QED) is 0.0958. The molecule has 9 nitrogen and oxygen atoms in total. The summed E-state index contributed by atoms with van der Waals surface area (Å²) in [5, 5.41) is 40.6. The van der Waals surface area contributed by atoms with Gasteiger partial charge in [-0.15, -0.1) is 0 Å². The van der Waals surface area contributed by atoms with Crippen molar-refractivity contribution in [1.82, 2.24) is 10.3 Å². The van der Waals surface area contributed by atoms with Crippen molar-refractivity contribution in [3.05, 3.63) is 95.2 Å². The summed E-state index contributed by atoms with van der Waals surface area (Å²) in [6, 6.07) is 22.3. The lowest BCUT2D eigenvalue weighted by atomic mass is 9.64. The highest BCUT2D eigenvalue weighted by molar-refractivity contribution is 5.89. The molecule has 8 rings (SSSR count). The Morgan fingerprint density at radius 2 is 1.76 bits per heavy atom. The predicted octanol–water partition coefficient (Wildman–Crippen LogP) is 7.77. The summed E-state index contributed by atoms with van der Waals surface area (Å²) < 4.78 is 5.49. The zero-order valence-electron chi connectivity index (χ0n) is 34.2. The van der Waals surface area contributed by atoms with E-state index in [1.807, 2.05) is 30.3 Å². The van der Waals surface area contributed by atoms with Crippen LogP contribution in [0.2, 0.25) is 0 Å². The molecule has 1 saturated heterocycles. The molecule has 1 spiro atoms. The highest BCUT2D eigenvalue weighted by atomic mass is 16.5. The number of nitrogens with two attached hydrogens (primary N) is 1. The number of anilines is 1. The Morgan fingerprint density at radius 3 is 2.58 bits per heavy atom. The zero-order valence-corrected chi connectivity index (χ0v) is 34.2. The maximum absolute atomic E-state index is 14.2. The largest absolute Gasteiger partial charge is 0.504 e. The molecule has 2 saturated carbocycles. The minimum atomic E-state index is -1.15. The number of aliphatic hydroxyl groups excluding tert-OH is 2. The lowest BCUT2D eigenvalue weighted by Gasteiger charge is -2.42. The monoisotopic (exact) mass is 797 g/mol. The summed E-state index contributed by atoms with van der Waals surface area (Å²) >= 11 is 0. The molecule has 4 aliphatic rings. The van der Waals surface area contributed by atoms with Crippen LogP contribution in [0.25, 0.3) is 10.8 Å². The van der Waals surface area contributed by atoms with Crippen molar-refractivity contribution in [1.29, 1.82) is 0 Å². The fourth-order valence-electron chi connectivity index (χ4n) is 10.8. The number of benzene rings is 3. The third kappa shape index (κ3) is 9.06. The van der Waals surface area contributed by atoms with E-state index < -0.39 is 23.5 Å². The number of pyridine rings is 1. The molecule has 0 radical (unpaired) electrons. The molecule has 0 amide bonds. The highest BCUT2D eigenvalue weighted by Gasteiger charge is 2.47. The normalized spacial score (nSPS) is 28.0. The van der Waals surface area contributed by atoms with Crippen molar-refractivity contribution in [3.63, 3.8) is 0 Å². The van der Waals surface area contributed by atoms with Crippen molar-refractivity contribution in [2.45, 2.75) is 120 Å². The van der Waals surface area contributed by atoms with Gasteiger partial charge in [-0.25, -0.2) is 4.98 Å². The standard InChI is InChI=1S/C50H59N3O6/c1-59-46-25-37-12-15-47(57)50(19-16-31(23-48(50)58)6-7-32-22-39-11-14-41(55)28-44(39)53-30-32)20-17-34(43(37)29-45(46)56)10-13-40(54)27-42(38-18-21-52-49(51)26-38)36-9-8-33-4-2-3-5-35(33)24-36/h2-5,8-9,18,21,24-26,29,31-32,34,39-40,42,44,48,53-54,56,58H,6-7,10-16,19,22-23,27-28,30H2,1H3,(H2,51,52)/t31-,32-,34-,39+,40-,42-,44+,48+,50-/m0/s1. The van der Waals surface area contributed by atoms with Gasteiger partial charge < -0.3 is 31.1 Å². The lowest BCUT2D eigenvalue weighted by molar-refractivity contribution is -0.134. The minimum absolute atomic E-state index is 0.00624. The van der Waals surface area contributed by atoms with E-state index in [4.69, 9.17) is 10.5 Å². The number of hydrogen-bond donors (Lipinski definition) is 5. The van der Waals surface area contributed by atoms with Crippen LogP contribution in [0.5, 0.6) is 11.5 Å². The van der Waals surface area contributed by atoms with E-state index in [-0.39, 0.29) is 23.9 Å². The van der Waals surface area contributed by atoms with Crippen LogP contribution in [0.1, 0.15) is 118 Å². The number of ketones is 2. The van der Waals surface area contributed by atoms with E-state index in [0.717, 1.165) is 71.7 Å². The van der Waals surface area contributed by atoms with Crippen molar-refractivity contribution in [2.24, 2.45) is 23.2 Å². The molecular weight excluding hydrogens is 739 g/mol. The Kier molecular flexibility index (Phi) is 12.4. The molecule has 4 aromatic rings. The molecule has 1 aromatic heterocycles. The second kappa shape index (κ2) is 17.8. The summed E-state index contributed by atoms with van der Waals surface area (Å²) in [5.74, 6) is 8.95. The lowest BCUT2D eigenvalue weighted by Crippen LogP contribution is -2.49. The summed E-state index contributed by atoms with van der Waals surface area (Å²) in [6.07, 6.45) is 9.66. The van der Waals surface area contributed by atoms with E-state index in [0.29, 0.717) is 92.5 Å². The number of phenols is 1. The number of aryl methyl sites for hydroxylation is 1. The number of nitrogens with zero attached hydrogens (tertiary/aromatic N) is 1. The maximum atomic E-state index is 14.2. The average Bonchev–Trinajstić information content (AvgIpc) is 3.29. The summed E-state index contributed by atoms with van der Waals surface area (Å²) in [6.45, 7) is 0.942. The number of aromatic hydroxyl groups is 1. The number of Topliss-reactive ketones (excluding diaryl/α,β-unsaturated/α-hetero) is 2.